The van der Waals surface area contributed by atoms with Crippen LogP contribution in [0.1, 0.15) is 21.5 Å². The highest BCUT2D eigenvalue weighted by Crippen LogP contribution is 2.20. The Bertz CT molecular complexity index is 762. The van der Waals surface area contributed by atoms with E-state index in [4.69, 9.17) is 4.74 Å². The molecule has 0 spiro atoms. The van der Waals surface area contributed by atoms with Gasteiger partial charge in [-0.25, -0.2) is 0 Å². The summed E-state index contributed by atoms with van der Waals surface area (Å²) in [5, 5.41) is 5.48. The third kappa shape index (κ3) is 5.60. The molecule has 5 nitrogen and oxygen atoms in total. The number of ether oxygens (including phenoxy) is 1. The summed E-state index contributed by atoms with van der Waals surface area (Å²) in [6.45, 7) is 4.58. The molecule has 2 N–H and O–H groups in total. The minimum Gasteiger partial charge on any atom is -0.483 e. The highest BCUT2D eigenvalue weighted by molar-refractivity contribution is 9.10. The highest BCUT2D eigenvalue weighted by atomic mass is 79.9. The first-order valence-electron chi connectivity index (χ1n) is 7.97. The van der Waals surface area contributed by atoms with Crippen LogP contribution < -0.4 is 15.4 Å². The number of amides is 2. The second-order valence-electron chi connectivity index (χ2n) is 5.57. The summed E-state index contributed by atoms with van der Waals surface area (Å²) in [5.74, 6) is 0.293. The molecule has 2 aromatic carbocycles. The predicted molar refractivity (Wildman–Crippen MR) is 101 cm³/mol. The van der Waals surface area contributed by atoms with E-state index in [0.29, 0.717) is 24.4 Å². The van der Waals surface area contributed by atoms with Crippen LogP contribution in [0.4, 0.5) is 0 Å². The number of benzene rings is 2. The second kappa shape index (κ2) is 9.22. The van der Waals surface area contributed by atoms with E-state index in [-0.39, 0.29) is 18.4 Å². The zero-order valence-corrected chi connectivity index (χ0v) is 15.9. The van der Waals surface area contributed by atoms with Crippen LogP contribution in [0, 0.1) is 13.8 Å². The maximum Gasteiger partial charge on any atom is 0.258 e. The van der Waals surface area contributed by atoms with Crippen LogP contribution in [0.25, 0.3) is 0 Å². The zero-order chi connectivity index (χ0) is 18.2. The Labute approximate surface area is 155 Å². The second-order valence-corrected chi connectivity index (χ2v) is 6.43. The van der Waals surface area contributed by atoms with Crippen molar-refractivity contribution in [3.63, 3.8) is 0 Å². The molecule has 0 aliphatic heterocycles. The van der Waals surface area contributed by atoms with Gasteiger partial charge >= 0.3 is 0 Å². The zero-order valence-electron chi connectivity index (χ0n) is 14.3. The van der Waals surface area contributed by atoms with Crippen LogP contribution in [0.5, 0.6) is 5.75 Å². The Hall–Kier alpha value is -2.34. The first-order chi connectivity index (χ1) is 12.0. The molecule has 0 heterocycles. The average Bonchev–Trinajstić information content (AvgIpc) is 2.60. The summed E-state index contributed by atoms with van der Waals surface area (Å²) in [6.07, 6.45) is 0. The van der Waals surface area contributed by atoms with E-state index >= 15 is 0 Å². The van der Waals surface area contributed by atoms with Crippen molar-refractivity contribution in [2.24, 2.45) is 0 Å². The molecule has 0 radical (unpaired) electrons. The Morgan fingerprint density at radius 3 is 2.48 bits per heavy atom. The number of nitrogens with one attached hydrogen (secondary N) is 2. The Kier molecular flexibility index (Phi) is 7.01. The number of hydrogen-bond donors (Lipinski definition) is 2. The molecular formula is C19H21BrN2O3. The third-order valence-corrected chi connectivity index (χ3v) is 4.46. The van der Waals surface area contributed by atoms with Crippen LogP contribution in [0.15, 0.2) is 46.9 Å². The smallest absolute Gasteiger partial charge is 0.258 e. The van der Waals surface area contributed by atoms with Gasteiger partial charge in [-0.15, -0.1) is 0 Å². The quantitative estimate of drug-likeness (QED) is 0.696. The van der Waals surface area contributed by atoms with Gasteiger partial charge < -0.3 is 15.4 Å². The summed E-state index contributed by atoms with van der Waals surface area (Å²) < 4.78 is 6.27. The number of aryl methyl sites for hydroxylation is 1. The van der Waals surface area contributed by atoms with Gasteiger partial charge in [0.15, 0.2) is 6.61 Å². The topological polar surface area (TPSA) is 67.4 Å². The van der Waals surface area contributed by atoms with E-state index < -0.39 is 0 Å². The first-order valence-corrected chi connectivity index (χ1v) is 8.77. The highest BCUT2D eigenvalue weighted by Gasteiger charge is 2.09. The van der Waals surface area contributed by atoms with Crippen molar-refractivity contribution < 1.29 is 14.3 Å². The monoisotopic (exact) mass is 404 g/mol. The number of halogens is 1. The van der Waals surface area contributed by atoms with E-state index in [9.17, 15) is 9.59 Å². The molecule has 2 amide bonds. The normalized spacial score (nSPS) is 10.2. The summed E-state index contributed by atoms with van der Waals surface area (Å²) in [5.41, 5.74) is 2.70. The molecule has 0 bridgehead atoms. The molecule has 0 unspecified atom stereocenters. The summed E-state index contributed by atoms with van der Waals surface area (Å²) >= 11 is 3.34. The SMILES string of the molecule is Cc1cccc(OCC(=O)NCCNC(=O)c2ccccc2Br)c1C. The number of rotatable bonds is 7. The fraction of sp³-hybridized carbons (Fsp3) is 0.263. The van der Waals surface area contributed by atoms with Crippen molar-refractivity contribution >= 4 is 27.7 Å². The molecule has 0 saturated carbocycles. The fourth-order valence-electron chi connectivity index (χ4n) is 2.19. The Morgan fingerprint density at radius 1 is 1.00 bits per heavy atom. The van der Waals surface area contributed by atoms with Gasteiger partial charge in [0.25, 0.3) is 11.8 Å². The van der Waals surface area contributed by atoms with Crippen LogP contribution in [0.2, 0.25) is 0 Å². The Balaban J connectivity index is 1.70. The van der Waals surface area contributed by atoms with Gasteiger partial charge in [0.1, 0.15) is 5.75 Å². The Morgan fingerprint density at radius 2 is 1.72 bits per heavy atom. The maximum absolute atomic E-state index is 12.0. The van der Waals surface area contributed by atoms with E-state index in [2.05, 4.69) is 26.6 Å². The minimum atomic E-state index is -0.226. The van der Waals surface area contributed by atoms with Gasteiger partial charge in [0, 0.05) is 17.6 Å². The van der Waals surface area contributed by atoms with Gasteiger partial charge in [-0.1, -0.05) is 24.3 Å². The third-order valence-electron chi connectivity index (χ3n) is 3.76. The molecule has 0 aliphatic carbocycles. The van der Waals surface area contributed by atoms with E-state index in [1.54, 1.807) is 18.2 Å². The molecular weight excluding hydrogens is 384 g/mol. The lowest BCUT2D eigenvalue weighted by molar-refractivity contribution is -0.123. The van der Waals surface area contributed by atoms with Crippen molar-refractivity contribution in [2.75, 3.05) is 19.7 Å². The standard InChI is InChI=1S/C19H21BrN2O3/c1-13-6-5-9-17(14(13)2)25-12-18(23)21-10-11-22-19(24)15-7-3-4-8-16(15)20/h3-9H,10-12H2,1-2H3,(H,21,23)(H,22,24). The lowest BCUT2D eigenvalue weighted by Gasteiger charge is -2.11. The molecule has 6 heteroatoms. The van der Waals surface area contributed by atoms with Gasteiger partial charge in [-0.3, -0.25) is 9.59 Å². The van der Waals surface area contributed by atoms with Crippen molar-refractivity contribution in [1.29, 1.82) is 0 Å². The van der Waals surface area contributed by atoms with E-state index in [0.717, 1.165) is 15.6 Å². The first kappa shape index (κ1) is 19.0. The molecule has 0 aliphatic rings. The van der Waals surface area contributed by atoms with Crippen LogP contribution in [-0.4, -0.2) is 31.5 Å². The van der Waals surface area contributed by atoms with Crippen LogP contribution >= 0.6 is 15.9 Å². The maximum atomic E-state index is 12.0. The minimum absolute atomic E-state index is 0.0531. The number of carbonyl (C=O) groups excluding carboxylic acids is 2. The molecule has 132 valence electrons. The lowest BCUT2D eigenvalue weighted by Crippen LogP contribution is -2.36. The molecule has 2 rings (SSSR count). The van der Waals surface area contributed by atoms with Gasteiger partial charge in [-0.05, 0) is 59.1 Å². The molecule has 0 fully saturated rings. The van der Waals surface area contributed by atoms with Crippen molar-refractivity contribution in [3.05, 3.63) is 63.6 Å². The molecule has 0 saturated heterocycles. The molecule has 0 atom stereocenters. The predicted octanol–water partition coefficient (Wildman–Crippen LogP) is 2.99. The van der Waals surface area contributed by atoms with Crippen LogP contribution in [0.3, 0.4) is 0 Å². The lowest BCUT2D eigenvalue weighted by atomic mass is 10.1. The van der Waals surface area contributed by atoms with Gasteiger partial charge in [0.2, 0.25) is 0 Å². The van der Waals surface area contributed by atoms with Crippen LogP contribution in [-0.2, 0) is 4.79 Å². The van der Waals surface area contributed by atoms with Gasteiger partial charge in [-0.2, -0.15) is 0 Å². The molecule has 2 aromatic rings. The summed E-state index contributed by atoms with van der Waals surface area (Å²) in [6, 6.07) is 12.9. The average molecular weight is 405 g/mol. The van der Waals surface area contributed by atoms with Gasteiger partial charge in [0.05, 0.1) is 5.56 Å². The van der Waals surface area contributed by atoms with Crippen molar-refractivity contribution in [3.8, 4) is 5.75 Å². The van der Waals surface area contributed by atoms with Crippen molar-refractivity contribution in [2.45, 2.75) is 13.8 Å². The molecule has 25 heavy (non-hydrogen) atoms. The molecule has 0 aromatic heterocycles. The summed E-state index contributed by atoms with van der Waals surface area (Å²) in [7, 11) is 0. The largest absolute Gasteiger partial charge is 0.483 e. The fourth-order valence-corrected chi connectivity index (χ4v) is 2.66. The number of hydrogen-bond acceptors (Lipinski definition) is 3. The number of carbonyl (C=O) groups is 2. The van der Waals surface area contributed by atoms with E-state index in [1.807, 2.05) is 38.1 Å². The van der Waals surface area contributed by atoms with Crippen molar-refractivity contribution in [1.82, 2.24) is 10.6 Å². The van der Waals surface area contributed by atoms with E-state index in [1.165, 1.54) is 0 Å². The summed E-state index contributed by atoms with van der Waals surface area (Å²) in [4.78, 5) is 23.8.